The first-order valence-electron chi connectivity index (χ1n) is 3.06. The quantitative estimate of drug-likeness (QED) is 0.312. The van der Waals surface area contributed by atoms with Crippen LogP contribution in [0.5, 0.6) is 0 Å². The summed E-state index contributed by atoms with van der Waals surface area (Å²) in [6.45, 7) is 2.33. The molecule has 2 atom stereocenters. The van der Waals surface area contributed by atoms with E-state index >= 15 is 0 Å². The Bertz CT molecular complexity index is 147. The fourth-order valence-electron chi connectivity index (χ4n) is 0.270. The molecular weight excluding hydrogens is 191 g/mol. The molecule has 0 heterocycles. The third-order valence-corrected chi connectivity index (χ3v) is 0.883. The zero-order valence-electron chi connectivity index (χ0n) is 6.27. The third-order valence-electron chi connectivity index (χ3n) is 0.883. The van der Waals surface area contributed by atoms with Crippen molar-refractivity contribution < 1.29 is 24.5 Å². The first-order valence-corrected chi connectivity index (χ1v) is 3.06. The number of carbonyl (C=O) groups excluding carboxylic acids is 2. The van der Waals surface area contributed by atoms with E-state index in [0.29, 0.717) is 0 Å². The molecule has 0 aromatic heterocycles. The summed E-state index contributed by atoms with van der Waals surface area (Å²) in [5, 5.41) is 17.1. The first-order chi connectivity index (χ1) is 4.95. The van der Waals surface area contributed by atoms with Gasteiger partial charge >= 0.3 is 63.3 Å². The van der Waals surface area contributed by atoms with Gasteiger partial charge in [0, 0.05) is 0 Å². The van der Waals surface area contributed by atoms with Crippen LogP contribution >= 0.6 is 0 Å². The number of esters is 2. The number of carbonyl (C=O) groups is 2. The van der Waals surface area contributed by atoms with E-state index < -0.39 is 24.1 Å². The molecule has 0 fully saturated rings. The molecule has 0 rings (SSSR count). The molecule has 0 aliphatic carbocycles. The van der Waals surface area contributed by atoms with Gasteiger partial charge in [0.2, 0.25) is 0 Å². The van der Waals surface area contributed by atoms with E-state index in [0.717, 1.165) is 13.8 Å². The summed E-state index contributed by atoms with van der Waals surface area (Å²) >= 11 is 0. The summed E-state index contributed by atoms with van der Waals surface area (Å²) in [7, 11) is 0. The Hall–Kier alpha value is 0.696. The van der Waals surface area contributed by atoms with Gasteiger partial charge in [-0.15, -0.1) is 0 Å². The van der Waals surface area contributed by atoms with Gasteiger partial charge in [-0.2, -0.15) is 0 Å². The number of aliphatic hydroxyl groups excluding tert-OH is 2. The van der Waals surface area contributed by atoms with Crippen molar-refractivity contribution >= 4 is 63.3 Å². The molecule has 0 spiro atoms. The van der Waals surface area contributed by atoms with Gasteiger partial charge in [0.1, 0.15) is 12.2 Å². The van der Waals surface area contributed by atoms with Crippen LogP contribution in [0.15, 0.2) is 0 Å². The molecule has 0 aromatic rings. The van der Waals surface area contributed by atoms with Crippen molar-refractivity contribution in [3.63, 3.8) is 0 Å². The minimum absolute atomic E-state index is 0. The summed E-state index contributed by atoms with van der Waals surface area (Å²) in [5.74, 6) is -2.12. The number of hydrogen-bond acceptors (Lipinski definition) is 5. The van der Waals surface area contributed by atoms with Crippen molar-refractivity contribution in [2.24, 2.45) is 0 Å². The van der Waals surface area contributed by atoms with Gasteiger partial charge in [0.25, 0.3) is 0 Å². The molecule has 0 aliphatic rings. The number of rotatable bonds is 2. The standard InChI is InChI=1S/C6H10O5.K.H/c1-3(7)5(9)11-6(10)4(2)8;;/h3-4,7-8H,1-2H3;;. The van der Waals surface area contributed by atoms with E-state index in [-0.39, 0.29) is 51.4 Å². The zero-order chi connectivity index (χ0) is 9.02. The van der Waals surface area contributed by atoms with Crippen LogP contribution < -0.4 is 0 Å². The fraction of sp³-hybridized carbons (Fsp3) is 0.667. The molecule has 2 N–H and O–H groups in total. The Kier molecular flexibility index (Phi) is 9.02. The second-order valence-electron chi connectivity index (χ2n) is 2.09. The van der Waals surface area contributed by atoms with Gasteiger partial charge in [0.15, 0.2) is 0 Å². The minimum atomic E-state index is -1.35. The summed E-state index contributed by atoms with van der Waals surface area (Å²) < 4.78 is 4.00. The van der Waals surface area contributed by atoms with Crippen molar-refractivity contribution in [2.45, 2.75) is 26.1 Å². The van der Waals surface area contributed by atoms with Crippen LogP contribution in [0.3, 0.4) is 0 Å². The van der Waals surface area contributed by atoms with Gasteiger partial charge in [-0.1, -0.05) is 0 Å². The molecule has 0 aliphatic heterocycles. The summed E-state index contributed by atoms with van der Waals surface area (Å²) in [6.07, 6.45) is -2.70. The Morgan fingerprint density at radius 3 is 1.50 bits per heavy atom. The fourth-order valence-corrected chi connectivity index (χ4v) is 0.270. The third kappa shape index (κ3) is 6.24. The average Bonchev–Trinajstić information content (AvgIpc) is 1.87. The van der Waals surface area contributed by atoms with Crippen molar-refractivity contribution in [1.29, 1.82) is 0 Å². The number of aliphatic hydroxyl groups is 2. The van der Waals surface area contributed by atoms with Crippen molar-refractivity contribution in [2.75, 3.05) is 0 Å². The summed E-state index contributed by atoms with van der Waals surface area (Å²) in [4.78, 5) is 20.9. The van der Waals surface area contributed by atoms with E-state index in [9.17, 15) is 9.59 Å². The molecular formula is C6H11KO5. The average molecular weight is 202 g/mol. The second kappa shape index (κ2) is 7.13. The molecule has 0 aromatic carbocycles. The van der Waals surface area contributed by atoms with Crippen LogP contribution in [-0.2, 0) is 14.3 Å². The molecule has 12 heavy (non-hydrogen) atoms. The van der Waals surface area contributed by atoms with Crippen molar-refractivity contribution in [3.05, 3.63) is 0 Å². The molecule has 0 amide bonds. The summed E-state index contributed by atoms with van der Waals surface area (Å²) in [5.41, 5.74) is 0. The number of hydrogen-bond donors (Lipinski definition) is 2. The van der Waals surface area contributed by atoms with Crippen LogP contribution in [0.25, 0.3) is 0 Å². The van der Waals surface area contributed by atoms with Gasteiger partial charge < -0.3 is 14.9 Å². The predicted molar refractivity (Wildman–Crippen MR) is 41.6 cm³/mol. The Labute approximate surface area is 113 Å². The van der Waals surface area contributed by atoms with Crippen LogP contribution in [0, 0.1) is 0 Å². The molecule has 0 radical (unpaired) electrons. The molecule has 6 heteroatoms. The Morgan fingerprint density at radius 2 is 1.33 bits per heavy atom. The van der Waals surface area contributed by atoms with Crippen molar-refractivity contribution in [1.82, 2.24) is 0 Å². The first kappa shape index (κ1) is 15.2. The topological polar surface area (TPSA) is 83.8 Å². The maximum absolute atomic E-state index is 10.5. The Morgan fingerprint density at radius 1 is 1.08 bits per heavy atom. The normalized spacial score (nSPS) is 14.0. The van der Waals surface area contributed by atoms with Gasteiger partial charge in [-0.25, -0.2) is 9.59 Å². The van der Waals surface area contributed by atoms with Gasteiger partial charge in [-0.3, -0.25) is 0 Å². The SMILES string of the molecule is CC(O)C(=O)OC(=O)C(C)O.[KH]. The van der Waals surface area contributed by atoms with E-state index in [4.69, 9.17) is 10.2 Å². The predicted octanol–water partition coefficient (Wildman–Crippen LogP) is -1.83. The van der Waals surface area contributed by atoms with Gasteiger partial charge in [0.05, 0.1) is 0 Å². The van der Waals surface area contributed by atoms with Crippen LogP contribution in [0.1, 0.15) is 13.8 Å². The molecule has 0 saturated heterocycles. The van der Waals surface area contributed by atoms with E-state index in [1.807, 2.05) is 0 Å². The maximum atomic E-state index is 10.5. The van der Waals surface area contributed by atoms with E-state index in [1.54, 1.807) is 0 Å². The van der Waals surface area contributed by atoms with Crippen LogP contribution in [-0.4, -0.2) is 85.7 Å². The zero-order valence-corrected chi connectivity index (χ0v) is 6.27. The second-order valence-corrected chi connectivity index (χ2v) is 2.09. The van der Waals surface area contributed by atoms with E-state index in [1.165, 1.54) is 0 Å². The monoisotopic (exact) mass is 202 g/mol. The van der Waals surface area contributed by atoms with E-state index in [2.05, 4.69) is 4.74 Å². The van der Waals surface area contributed by atoms with Crippen LogP contribution in [0.4, 0.5) is 0 Å². The Balaban J connectivity index is 0. The molecule has 2 unspecified atom stereocenters. The molecule has 0 saturated carbocycles. The molecule has 0 bridgehead atoms. The van der Waals surface area contributed by atoms with Crippen LogP contribution in [0.2, 0.25) is 0 Å². The van der Waals surface area contributed by atoms with Gasteiger partial charge in [-0.05, 0) is 13.8 Å². The number of ether oxygens (including phenoxy) is 1. The summed E-state index contributed by atoms with van der Waals surface area (Å²) in [6, 6.07) is 0. The molecule has 66 valence electrons. The van der Waals surface area contributed by atoms with Crippen molar-refractivity contribution in [3.8, 4) is 0 Å². The molecule has 5 nitrogen and oxygen atoms in total.